The van der Waals surface area contributed by atoms with Gasteiger partial charge in [0.15, 0.2) is 5.13 Å². The fourth-order valence-corrected chi connectivity index (χ4v) is 2.57. The van der Waals surface area contributed by atoms with Gasteiger partial charge in [-0.2, -0.15) is 0 Å². The number of thiazole rings is 1. The molecule has 1 amide bonds. The minimum absolute atomic E-state index is 0.0590. The van der Waals surface area contributed by atoms with Gasteiger partial charge in [-0.05, 0) is 19.1 Å². The van der Waals surface area contributed by atoms with Gasteiger partial charge in [-0.25, -0.2) is 4.98 Å². The molecule has 0 aliphatic carbocycles. The van der Waals surface area contributed by atoms with Crippen molar-refractivity contribution in [2.24, 2.45) is 0 Å². The van der Waals surface area contributed by atoms with Gasteiger partial charge in [0, 0.05) is 13.7 Å². The minimum atomic E-state index is -0.322. The molecule has 1 aromatic heterocycles. The molecule has 0 aliphatic heterocycles. The van der Waals surface area contributed by atoms with E-state index in [1.165, 1.54) is 0 Å². The number of hydrogen-bond acceptors (Lipinski definition) is 5. The van der Waals surface area contributed by atoms with Gasteiger partial charge in [0.05, 0.1) is 16.8 Å². The Balaban J connectivity index is 1.94. The molecule has 0 saturated heterocycles. The summed E-state index contributed by atoms with van der Waals surface area (Å²) in [5.74, 6) is -0.0590. The number of benzene rings is 1. The smallest absolute Gasteiger partial charge is 0.242 e. The van der Waals surface area contributed by atoms with Crippen LogP contribution in [0.3, 0.4) is 0 Å². The fourth-order valence-electron chi connectivity index (χ4n) is 1.61. The number of fused-ring (bicyclic) bond motifs is 1. The van der Waals surface area contributed by atoms with Crippen molar-refractivity contribution in [1.82, 2.24) is 10.3 Å². The molecule has 0 aliphatic rings. The highest BCUT2D eigenvalue weighted by Crippen LogP contribution is 2.25. The highest BCUT2D eigenvalue weighted by molar-refractivity contribution is 7.22. The number of carbonyl (C=O) groups excluding carboxylic acids is 1. The van der Waals surface area contributed by atoms with Gasteiger partial charge >= 0.3 is 0 Å². The standard InChI is InChI=1S/C13H17N3O2S/c1-9(12(17)14-7-8-18-2)15-13-16-10-5-3-4-6-11(10)19-13/h3-6,9H,7-8H2,1-2H3,(H,14,17)(H,15,16). The average Bonchev–Trinajstić information content (AvgIpc) is 2.80. The molecular weight excluding hydrogens is 262 g/mol. The van der Waals surface area contributed by atoms with Crippen LogP contribution in [0, 0.1) is 0 Å². The quantitative estimate of drug-likeness (QED) is 0.792. The molecule has 2 aromatic rings. The summed E-state index contributed by atoms with van der Waals surface area (Å²) < 4.78 is 5.99. The Hall–Kier alpha value is -1.66. The minimum Gasteiger partial charge on any atom is -0.383 e. The molecule has 1 unspecified atom stereocenters. The Morgan fingerprint density at radius 3 is 3.00 bits per heavy atom. The molecule has 102 valence electrons. The van der Waals surface area contributed by atoms with Crippen LogP contribution in [0.15, 0.2) is 24.3 Å². The third-order valence-corrected chi connectivity index (χ3v) is 3.60. The monoisotopic (exact) mass is 279 g/mol. The second-order valence-electron chi connectivity index (χ2n) is 4.14. The van der Waals surface area contributed by atoms with Crippen molar-refractivity contribution >= 4 is 32.6 Å². The van der Waals surface area contributed by atoms with Gasteiger partial charge in [-0.15, -0.1) is 0 Å². The van der Waals surface area contributed by atoms with E-state index in [4.69, 9.17) is 4.74 Å². The predicted octanol–water partition coefficient (Wildman–Crippen LogP) is 1.86. The van der Waals surface area contributed by atoms with Crippen LogP contribution >= 0.6 is 11.3 Å². The third-order valence-electron chi connectivity index (χ3n) is 2.63. The molecule has 0 spiro atoms. The summed E-state index contributed by atoms with van der Waals surface area (Å²) in [6.07, 6.45) is 0. The van der Waals surface area contributed by atoms with Crippen molar-refractivity contribution in [2.75, 3.05) is 25.6 Å². The SMILES string of the molecule is COCCNC(=O)C(C)Nc1nc2ccccc2s1. The predicted molar refractivity (Wildman–Crippen MR) is 77.6 cm³/mol. The van der Waals surface area contributed by atoms with Crippen LogP contribution in [0.1, 0.15) is 6.92 Å². The Bertz CT molecular complexity index is 523. The summed E-state index contributed by atoms with van der Waals surface area (Å²) in [7, 11) is 1.61. The van der Waals surface area contributed by atoms with Crippen molar-refractivity contribution in [3.63, 3.8) is 0 Å². The maximum absolute atomic E-state index is 11.8. The summed E-state index contributed by atoms with van der Waals surface area (Å²) in [6.45, 7) is 2.84. The molecular formula is C13H17N3O2S. The molecule has 1 heterocycles. The van der Waals surface area contributed by atoms with Gasteiger partial charge in [0.2, 0.25) is 5.91 Å². The van der Waals surface area contributed by atoms with E-state index in [0.29, 0.717) is 13.2 Å². The van der Waals surface area contributed by atoms with E-state index >= 15 is 0 Å². The molecule has 2 N–H and O–H groups in total. The highest BCUT2D eigenvalue weighted by atomic mass is 32.1. The van der Waals surface area contributed by atoms with Crippen molar-refractivity contribution in [3.05, 3.63) is 24.3 Å². The molecule has 5 nitrogen and oxygen atoms in total. The van der Waals surface area contributed by atoms with Crippen molar-refractivity contribution in [1.29, 1.82) is 0 Å². The van der Waals surface area contributed by atoms with Crippen LogP contribution in [-0.2, 0) is 9.53 Å². The van der Waals surface area contributed by atoms with E-state index in [1.54, 1.807) is 18.4 Å². The van der Waals surface area contributed by atoms with Gasteiger partial charge in [0.1, 0.15) is 6.04 Å². The number of methoxy groups -OCH3 is 1. The average molecular weight is 279 g/mol. The number of amides is 1. The largest absolute Gasteiger partial charge is 0.383 e. The number of rotatable bonds is 6. The lowest BCUT2D eigenvalue weighted by Crippen LogP contribution is -2.38. The van der Waals surface area contributed by atoms with Gasteiger partial charge in [-0.3, -0.25) is 4.79 Å². The molecule has 1 atom stereocenters. The summed E-state index contributed by atoms with van der Waals surface area (Å²) >= 11 is 1.54. The normalized spacial score (nSPS) is 12.3. The molecule has 1 aromatic carbocycles. The molecule has 0 fully saturated rings. The second-order valence-corrected chi connectivity index (χ2v) is 5.17. The zero-order valence-electron chi connectivity index (χ0n) is 11.0. The lowest BCUT2D eigenvalue weighted by molar-refractivity contribution is -0.121. The first-order chi connectivity index (χ1) is 9.20. The van der Waals surface area contributed by atoms with Crippen LogP contribution in [0.2, 0.25) is 0 Å². The van der Waals surface area contributed by atoms with Gasteiger partial charge in [0.25, 0.3) is 0 Å². The second kappa shape index (κ2) is 6.49. The van der Waals surface area contributed by atoms with Crippen LogP contribution < -0.4 is 10.6 Å². The first-order valence-electron chi connectivity index (χ1n) is 6.09. The van der Waals surface area contributed by atoms with Crippen LogP contribution in [0.4, 0.5) is 5.13 Å². The molecule has 0 saturated carbocycles. The van der Waals surface area contributed by atoms with E-state index in [2.05, 4.69) is 15.6 Å². The number of hydrogen-bond donors (Lipinski definition) is 2. The summed E-state index contributed by atoms with van der Waals surface area (Å²) in [5.41, 5.74) is 0.946. The number of anilines is 1. The van der Waals surface area contributed by atoms with Crippen LogP contribution in [0.5, 0.6) is 0 Å². The van der Waals surface area contributed by atoms with Crippen LogP contribution in [0.25, 0.3) is 10.2 Å². The summed E-state index contributed by atoms with van der Waals surface area (Å²) in [4.78, 5) is 16.2. The number of carbonyl (C=O) groups is 1. The van der Waals surface area contributed by atoms with Crippen molar-refractivity contribution in [2.45, 2.75) is 13.0 Å². The van der Waals surface area contributed by atoms with E-state index in [0.717, 1.165) is 15.3 Å². The van der Waals surface area contributed by atoms with E-state index in [-0.39, 0.29) is 11.9 Å². The molecule has 0 bridgehead atoms. The maximum atomic E-state index is 11.8. The van der Waals surface area contributed by atoms with E-state index in [9.17, 15) is 4.79 Å². The Labute approximate surface area is 116 Å². The topological polar surface area (TPSA) is 63.2 Å². The number of nitrogens with one attached hydrogen (secondary N) is 2. The molecule has 19 heavy (non-hydrogen) atoms. The summed E-state index contributed by atoms with van der Waals surface area (Å²) in [6, 6.07) is 7.58. The number of para-hydroxylation sites is 1. The maximum Gasteiger partial charge on any atom is 0.242 e. The molecule has 6 heteroatoms. The Morgan fingerprint density at radius 2 is 2.26 bits per heavy atom. The third kappa shape index (κ3) is 3.65. The van der Waals surface area contributed by atoms with Gasteiger partial charge < -0.3 is 15.4 Å². The first-order valence-corrected chi connectivity index (χ1v) is 6.91. The van der Waals surface area contributed by atoms with E-state index < -0.39 is 0 Å². The number of aromatic nitrogens is 1. The summed E-state index contributed by atoms with van der Waals surface area (Å²) in [5, 5.41) is 6.66. The zero-order valence-corrected chi connectivity index (χ0v) is 11.8. The first kappa shape index (κ1) is 13.8. The van der Waals surface area contributed by atoms with Crippen molar-refractivity contribution < 1.29 is 9.53 Å². The van der Waals surface area contributed by atoms with Crippen molar-refractivity contribution in [3.8, 4) is 0 Å². The van der Waals surface area contributed by atoms with Crippen LogP contribution in [-0.4, -0.2) is 37.2 Å². The molecule has 0 radical (unpaired) electrons. The number of ether oxygens (including phenoxy) is 1. The molecule has 2 rings (SSSR count). The Kier molecular flexibility index (Phi) is 4.70. The highest BCUT2D eigenvalue weighted by Gasteiger charge is 2.13. The van der Waals surface area contributed by atoms with E-state index in [1.807, 2.05) is 31.2 Å². The Morgan fingerprint density at radius 1 is 1.47 bits per heavy atom. The zero-order chi connectivity index (χ0) is 13.7. The number of nitrogens with zero attached hydrogens (tertiary/aromatic N) is 1. The fraction of sp³-hybridized carbons (Fsp3) is 0.385. The lowest BCUT2D eigenvalue weighted by Gasteiger charge is -2.12. The van der Waals surface area contributed by atoms with Gasteiger partial charge in [-0.1, -0.05) is 23.5 Å². The lowest BCUT2D eigenvalue weighted by atomic mass is 10.3.